The largest absolute Gasteiger partial charge is 0.455 e. The van der Waals surface area contributed by atoms with Gasteiger partial charge in [-0.25, -0.2) is 0 Å². The third-order valence-corrected chi connectivity index (χ3v) is 13.4. The molecule has 2 aliphatic rings. The van der Waals surface area contributed by atoms with Crippen molar-refractivity contribution in [3.05, 3.63) is 265 Å². The number of benzene rings is 10. The molecule has 1 unspecified atom stereocenters. The van der Waals surface area contributed by atoms with Crippen molar-refractivity contribution in [1.29, 1.82) is 0 Å². The Morgan fingerprint density at radius 1 is 0.297 bits per heavy atom. The van der Waals surface area contributed by atoms with Crippen LogP contribution >= 0.6 is 0 Å². The van der Waals surface area contributed by atoms with Gasteiger partial charge in [-0.3, -0.25) is 0 Å². The van der Waals surface area contributed by atoms with Crippen molar-refractivity contribution in [1.82, 2.24) is 0 Å². The number of hydrogen-bond donors (Lipinski definition) is 0. The van der Waals surface area contributed by atoms with Crippen LogP contribution in [-0.2, 0) is 5.41 Å². The van der Waals surface area contributed by atoms with E-state index in [0.29, 0.717) is 0 Å². The monoisotopic (exact) mass is 816 g/mol. The lowest BCUT2D eigenvalue weighted by Crippen LogP contribution is -2.26. The molecule has 0 saturated carbocycles. The highest BCUT2D eigenvalue weighted by molar-refractivity contribution is 6.13. The van der Waals surface area contributed by atoms with Crippen LogP contribution in [-0.4, -0.2) is 0 Å². The second-order valence-corrected chi connectivity index (χ2v) is 16.8. The molecule has 1 aromatic heterocycles. The summed E-state index contributed by atoms with van der Waals surface area (Å²) in [5.74, 6) is 0. The molecular formula is C61H40N2O. The number of nitrogens with zero attached hydrogens (tertiary/aromatic N) is 2. The van der Waals surface area contributed by atoms with Crippen molar-refractivity contribution in [3.8, 4) is 33.4 Å². The standard InChI is InChI=1S/C61H40N2O/c1-5-17-43(18-6-1)62(44-19-7-2-8-20-44)47-32-29-41(30-33-47)42-31-35-49-53-40-48(63(45-21-9-3-10-22-45)46-23-11-4-12-24-46)34-37-55(53)61(57(49)39-42)54-27-15-13-26-52(54)59-56(61)38-36-51-50-25-14-16-28-58(50)64-60(51)59/h1-40H. The predicted molar refractivity (Wildman–Crippen MR) is 265 cm³/mol. The van der Waals surface area contributed by atoms with Gasteiger partial charge < -0.3 is 14.2 Å². The van der Waals surface area contributed by atoms with Crippen molar-refractivity contribution >= 4 is 56.1 Å². The summed E-state index contributed by atoms with van der Waals surface area (Å²) in [6.07, 6.45) is 0. The van der Waals surface area contributed by atoms with E-state index in [0.717, 1.165) is 61.6 Å². The molecule has 3 nitrogen and oxygen atoms in total. The molecule has 0 bridgehead atoms. The highest BCUT2D eigenvalue weighted by atomic mass is 16.3. The summed E-state index contributed by atoms with van der Waals surface area (Å²) in [7, 11) is 0. The molecule has 0 N–H and O–H groups in total. The normalized spacial score (nSPS) is 14.3. The van der Waals surface area contributed by atoms with Crippen molar-refractivity contribution < 1.29 is 4.42 Å². The van der Waals surface area contributed by atoms with E-state index in [-0.39, 0.29) is 0 Å². The first-order chi connectivity index (χ1) is 31.8. The van der Waals surface area contributed by atoms with E-state index in [1.807, 2.05) is 0 Å². The maximum atomic E-state index is 6.86. The van der Waals surface area contributed by atoms with Gasteiger partial charge in [0.1, 0.15) is 11.2 Å². The van der Waals surface area contributed by atoms with Crippen LogP contribution in [0, 0.1) is 0 Å². The van der Waals surface area contributed by atoms with E-state index in [1.165, 1.54) is 50.1 Å². The van der Waals surface area contributed by atoms with Crippen LogP contribution in [0.2, 0.25) is 0 Å². The first-order valence-corrected chi connectivity index (χ1v) is 22.0. The molecule has 13 rings (SSSR count). The number of anilines is 6. The second kappa shape index (κ2) is 14.3. The third kappa shape index (κ3) is 5.34. The first kappa shape index (κ1) is 36.3. The van der Waals surface area contributed by atoms with Gasteiger partial charge in [0, 0.05) is 50.5 Å². The number of fused-ring (bicyclic) bond motifs is 14. The first-order valence-electron chi connectivity index (χ1n) is 22.0. The van der Waals surface area contributed by atoms with Gasteiger partial charge in [-0.15, -0.1) is 0 Å². The predicted octanol–water partition coefficient (Wildman–Crippen LogP) is 16.5. The molecule has 0 aliphatic heterocycles. The fourth-order valence-corrected chi connectivity index (χ4v) is 10.8. The quantitative estimate of drug-likeness (QED) is 0.160. The van der Waals surface area contributed by atoms with Crippen molar-refractivity contribution in [2.75, 3.05) is 9.80 Å². The summed E-state index contributed by atoms with van der Waals surface area (Å²) in [5.41, 5.74) is 20.3. The van der Waals surface area contributed by atoms with Gasteiger partial charge in [-0.05, 0) is 135 Å². The van der Waals surface area contributed by atoms with Gasteiger partial charge in [0.05, 0.1) is 5.41 Å². The van der Waals surface area contributed by atoms with Crippen molar-refractivity contribution in [2.24, 2.45) is 0 Å². The lowest BCUT2D eigenvalue weighted by molar-refractivity contribution is 0.669. The van der Waals surface area contributed by atoms with Gasteiger partial charge in [0.25, 0.3) is 0 Å². The van der Waals surface area contributed by atoms with Crippen LogP contribution in [0.5, 0.6) is 0 Å². The molecule has 0 radical (unpaired) electrons. The maximum absolute atomic E-state index is 6.86. The zero-order chi connectivity index (χ0) is 42.2. The Morgan fingerprint density at radius 3 is 1.45 bits per heavy atom. The maximum Gasteiger partial charge on any atom is 0.143 e. The van der Waals surface area contributed by atoms with Crippen LogP contribution in [0.1, 0.15) is 22.3 Å². The zero-order valence-corrected chi connectivity index (χ0v) is 34.9. The summed E-state index contributed by atoms with van der Waals surface area (Å²) in [6.45, 7) is 0. The number of hydrogen-bond acceptors (Lipinski definition) is 3. The summed E-state index contributed by atoms with van der Waals surface area (Å²) in [5, 5.41) is 2.28. The van der Waals surface area contributed by atoms with Gasteiger partial charge in [-0.2, -0.15) is 0 Å². The average molecular weight is 817 g/mol. The van der Waals surface area contributed by atoms with Crippen LogP contribution in [0.15, 0.2) is 247 Å². The van der Waals surface area contributed by atoms with Crippen LogP contribution in [0.4, 0.5) is 34.1 Å². The van der Waals surface area contributed by atoms with Crippen LogP contribution in [0.25, 0.3) is 55.3 Å². The molecule has 0 saturated heterocycles. The summed E-state index contributed by atoms with van der Waals surface area (Å²) >= 11 is 0. The highest BCUT2D eigenvalue weighted by Gasteiger charge is 2.53. The number of furan rings is 1. The second-order valence-electron chi connectivity index (χ2n) is 16.8. The highest BCUT2D eigenvalue weighted by Crippen LogP contribution is 2.65. The molecule has 64 heavy (non-hydrogen) atoms. The lowest BCUT2D eigenvalue weighted by Gasteiger charge is -2.31. The SMILES string of the molecule is c1ccc(N(c2ccccc2)c2ccc(-c3ccc4c(c3)C3(c5ccc(N(c6ccccc6)c6ccccc6)cc5-4)c4ccccc4-c4c3ccc3c4oc4ccccc43)cc2)cc1. The van der Waals surface area contributed by atoms with Crippen molar-refractivity contribution in [2.45, 2.75) is 5.41 Å². The van der Waals surface area contributed by atoms with Gasteiger partial charge in [0.15, 0.2) is 0 Å². The molecule has 0 amide bonds. The Hall–Kier alpha value is -8.40. The topological polar surface area (TPSA) is 19.6 Å². The fraction of sp³-hybridized carbons (Fsp3) is 0.0164. The van der Waals surface area contributed by atoms with Crippen LogP contribution < -0.4 is 9.80 Å². The minimum Gasteiger partial charge on any atom is -0.455 e. The minimum absolute atomic E-state index is 0.583. The lowest BCUT2D eigenvalue weighted by atomic mass is 9.70. The molecule has 11 aromatic rings. The number of para-hydroxylation sites is 5. The minimum atomic E-state index is -0.583. The molecule has 0 fully saturated rings. The van der Waals surface area contributed by atoms with Gasteiger partial charge in [-0.1, -0.05) is 158 Å². The molecular weight excluding hydrogens is 777 g/mol. The zero-order valence-electron chi connectivity index (χ0n) is 34.9. The average Bonchev–Trinajstić information content (AvgIpc) is 3.99. The molecule has 300 valence electrons. The smallest absolute Gasteiger partial charge is 0.143 e. The van der Waals surface area contributed by atoms with Gasteiger partial charge in [0.2, 0.25) is 0 Å². The van der Waals surface area contributed by atoms with Crippen molar-refractivity contribution in [3.63, 3.8) is 0 Å². The Bertz CT molecular complexity index is 3460. The fourth-order valence-electron chi connectivity index (χ4n) is 10.8. The molecule has 2 aliphatic carbocycles. The van der Waals surface area contributed by atoms with E-state index >= 15 is 0 Å². The molecule has 3 heteroatoms. The molecule has 1 atom stereocenters. The van der Waals surface area contributed by atoms with E-state index < -0.39 is 5.41 Å². The molecule has 1 heterocycles. The third-order valence-electron chi connectivity index (χ3n) is 13.4. The number of rotatable bonds is 7. The Morgan fingerprint density at radius 2 is 0.797 bits per heavy atom. The summed E-state index contributed by atoms with van der Waals surface area (Å²) < 4.78 is 6.86. The van der Waals surface area contributed by atoms with Crippen LogP contribution in [0.3, 0.4) is 0 Å². The van der Waals surface area contributed by atoms with Gasteiger partial charge >= 0.3 is 0 Å². The summed E-state index contributed by atoms with van der Waals surface area (Å²) in [6, 6.07) is 88.0. The van der Waals surface area contributed by atoms with E-state index in [2.05, 4.69) is 252 Å². The van der Waals surface area contributed by atoms with E-state index in [4.69, 9.17) is 4.42 Å². The van der Waals surface area contributed by atoms with E-state index in [9.17, 15) is 0 Å². The molecule has 1 spiro atoms. The Labute approximate surface area is 372 Å². The van der Waals surface area contributed by atoms with E-state index in [1.54, 1.807) is 0 Å². The molecule has 10 aromatic carbocycles. The summed E-state index contributed by atoms with van der Waals surface area (Å²) in [4.78, 5) is 4.68. The Balaban J connectivity index is 1.03. The Kier molecular flexibility index (Phi) is 8.13.